The molecule has 1 aromatic carbocycles. The Bertz CT molecular complexity index is 833. The van der Waals surface area contributed by atoms with Crippen molar-refractivity contribution in [2.24, 2.45) is 0 Å². The van der Waals surface area contributed by atoms with E-state index in [2.05, 4.69) is 21.1 Å². The zero-order chi connectivity index (χ0) is 16.1. The molecule has 0 atom stereocenters. The first-order chi connectivity index (χ1) is 11.3. The predicted molar refractivity (Wildman–Crippen MR) is 84.7 cm³/mol. The van der Waals surface area contributed by atoms with Gasteiger partial charge in [-0.25, -0.2) is 9.67 Å². The molecule has 0 aliphatic heterocycles. The Balaban J connectivity index is 1.85. The quantitative estimate of drug-likeness (QED) is 0.724. The second kappa shape index (κ2) is 6.71. The molecule has 6 heteroatoms. The van der Waals surface area contributed by atoms with Crippen molar-refractivity contribution < 1.29 is 4.74 Å². The number of nitrogens with zero attached hydrogens (tertiary/aromatic N) is 5. The van der Waals surface area contributed by atoms with Crippen molar-refractivity contribution in [3.63, 3.8) is 0 Å². The van der Waals surface area contributed by atoms with Gasteiger partial charge in [-0.3, -0.25) is 4.98 Å². The van der Waals surface area contributed by atoms with E-state index in [1.165, 1.54) is 6.33 Å². The summed E-state index contributed by atoms with van der Waals surface area (Å²) < 4.78 is 7.15. The molecule has 0 amide bonds. The van der Waals surface area contributed by atoms with Gasteiger partial charge in [0.2, 0.25) is 0 Å². The first kappa shape index (κ1) is 14.7. The van der Waals surface area contributed by atoms with Crippen molar-refractivity contribution in [1.29, 1.82) is 5.26 Å². The van der Waals surface area contributed by atoms with Crippen LogP contribution in [0.25, 0.3) is 11.4 Å². The molecular weight excluding hydrogens is 290 g/mol. The smallest absolute Gasteiger partial charge is 0.158 e. The molecule has 0 aliphatic carbocycles. The molecule has 2 heterocycles. The molecule has 114 valence electrons. The van der Waals surface area contributed by atoms with Crippen molar-refractivity contribution in [1.82, 2.24) is 19.7 Å². The van der Waals surface area contributed by atoms with E-state index in [1.807, 2.05) is 31.2 Å². The minimum absolute atomic E-state index is 0.499. The predicted octanol–water partition coefficient (Wildman–Crippen LogP) is 2.66. The molecular formula is C17H15N5O. The third-order valence-electron chi connectivity index (χ3n) is 3.29. The highest BCUT2D eigenvalue weighted by Gasteiger charge is 2.09. The van der Waals surface area contributed by atoms with Gasteiger partial charge in [0, 0.05) is 5.56 Å². The second-order valence-electron chi connectivity index (χ2n) is 4.85. The minimum Gasteiger partial charge on any atom is -0.492 e. The van der Waals surface area contributed by atoms with Crippen LogP contribution in [0.3, 0.4) is 0 Å². The lowest BCUT2D eigenvalue weighted by Crippen LogP contribution is -2.06. The average Bonchev–Trinajstić information content (AvgIpc) is 3.05. The van der Waals surface area contributed by atoms with Crippen LogP contribution in [0.2, 0.25) is 0 Å². The van der Waals surface area contributed by atoms with Crippen LogP contribution in [0.1, 0.15) is 18.2 Å². The van der Waals surface area contributed by atoms with E-state index < -0.39 is 0 Å². The fourth-order valence-electron chi connectivity index (χ4n) is 2.24. The van der Waals surface area contributed by atoms with Crippen molar-refractivity contribution in [2.75, 3.05) is 6.61 Å². The number of nitriles is 1. The summed E-state index contributed by atoms with van der Waals surface area (Å²) in [6.45, 7) is 3.05. The fraction of sp³-hybridized carbons (Fsp3) is 0.176. The Morgan fingerprint density at radius 3 is 2.87 bits per heavy atom. The molecule has 0 spiro atoms. The highest BCUT2D eigenvalue weighted by atomic mass is 16.5. The van der Waals surface area contributed by atoms with Crippen molar-refractivity contribution >= 4 is 0 Å². The highest BCUT2D eigenvalue weighted by Crippen LogP contribution is 2.18. The zero-order valence-corrected chi connectivity index (χ0v) is 12.7. The average molecular weight is 305 g/mol. The Morgan fingerprint density at radius 2 is 2.13 bits per heavy atom. The van der Waals surface area contributed by atoms with Gasteiger partial charge in [-0.1, -0.05) is 12.1 Å². The Morgan fingerprint density at radius 1 is 1.22 bits per heavy atom. The normalized spacial score (nSPS) is 10.3. The monoisotopic (exact) mass is 305 g/mol. The van der Waals surface area contributed by atoms with Gasteiger partial charge >= 0.3 is 0 Å². The molecule has 0 aliphatic rings. The molecule has 3 aromatic rings. The van der Waals surface area contributed by atoms with E-state index in [-0.39, 0.29) is 0 Å². The van der Waals surface area contributed by atoms with Crippen LogP contribution in [0, 0.1) is 11.3 Å². The van der Waals surface area contributed by atoms with Gasteiger partial charge in [0.25, 0.3) is 0 Å². The molecule has 0 saturated carbocycles. The lowest BCUT2D eigenvalue weighted by Gasteiger charge is -2.07. The summed E-state index contributed by atoms with van der Waals surface area (Å²) in [5.74, 6) is 1.45. The maximum absolute atomic E-state index is 9.02. The Labute approximate surface area is 134 Å². The SMILES string of the molecule is CCOc1ccc(Cn2ncnc2-c2cccc(C#N)c2)nc1. The van der Waals surface area contributed by atoms with E-state index in [0.29, 0.717) is 24.5 Å². The molecule has 0 unspecified atom stereocenters. The number of hydrogen-bond donors (Lipinski definition) is 0. The number of benzene rings is 1. The maximum Gasteiger partial charge on any atom is 0.158 e. The van der Waals surface area contributed by atoms with Gasteiger partial charge in [0.15, 0.2) is 5.82 Å². The number of hydrogen-bond acceptors (Lipinski definition) is 5. The van der Waals surface area contributed by atoms with Crippen LogP contribution >= 0.6 is 0 Å². The van der Waals surface area contributed by atoms with E-state index in [4.69, 9.17) is 10.00 Å². The molecule has 23 heavy (non-hydrogen) atoms. The number of rotatable bonds is 5. The summed E-state index contributed by atoms with van der Waals surface area (Å²) in [5.41, 5.74) is 2.31. The summed E-state index contributed by atoms with van der Waals surface area (Å²) in [5, 5.41) is 13.3. The summed E-state index contributed by atoms with van der Waals surface area (Å²) in [4.78, 5) is 8.67. The molecule has 0 saturated heterocycles. The van der Waals surface area contributed by atoms with Gasteiger partial charge in [0.05, 0.1) is 36.7 Å². The summed E-state index contributed by atoms with van der Waals surface area (Å²) in [6, 6.07) is 13.2. The maximum atomic E-state index is 9.02. The van der Waals surface area contributed by atoms with Crippen molar-refractivity contribution in [3.05, 3.63) is 60.2 Å². The lowest BCUT2D eigenvalue weighted by molar-refractivity contribution is 0.338. The molecule has 0 bridgehead atoms. The van der Waals surface area contributed by atoms with Gasteiger partial charge in [0.1, 0.15) is 12.1 Å². The second-order valence-corrected chi connectivity index (χ2v) is 4.85. The van der Waals surface area contributed by atoms with E-state index in [0.717, 1.165) is 17.0 Å². The lowest BCUT2D eigenvalue weighted by atomic mass is 10.1. The molecule has 0 N–H and O–H groups in total. The van der Waals surface area contributed by atoms with Crippen LogP contribution in [0.5, 0.6) is 5.75 Å². The first-order valence-electron chi connectivity index (χ1n) is 7.26. The van der Waals surface area contributed by atoms with Crippen molar-refractivity contribution in [3.8, 4) is 23.2 Å². The van der Waals surface area contributed by atoms with Crippen LogP contribution in [0.4, 0.5) is 0 Å². The largest absolute Gasteiger partial charge is 0.492 e. The van der Waals surface area contributed by atoms with E-state index in [9.17, 15) is 0 Å². The molecule has 0 fully saturated rings. The number of aromatic nitrogens is 4. The number of ether oxygens (including phenoxy) is 1. The Hall–Kier alpha value is -3.20. The highest BCUT2D eigenvalue weighted by molar-refractivity contribution is 5.57. The summed E-state index contributed by atoms with van der Waals surface area (Å²) >= 11 is 0. The van der Waals surface area contributed by atoms with Crippen LogP contribution < -0.4 is 4.74 Å². The third kappa shape index (κ3) is 3.35. The van der Waals surface area contributed by atoms with Crippen LogP contribution in [-0.2, 0) is 6.54 Å². The standard InChI is InChI=1S/C17H15N5O/c1-2-23-16-7-6-15(19-10-16)11-22-17(20-12-21-22)14-5-3-4-13(8-14)9-18/h3-8,10,12H,2,11H2,1H3. The molecule has 3 rings (SSSR count). The Kier molecular flexibility index (Phi) is 4.29. The molecule has 0 radical (unpaired) electrons. The summed E-state index contributed by atoms with van der Waals surface area (Å²) in [6.07, 6.45) is 3.20. The fourth-order valence-corrected chi connectivity index (χ4v) is 2.24. The zero-order valence-electron chi connectivity index (χ0n) is 12.7. The molecule has 6 nitrogen and oxygen atoms in total. The van der Waals surface area contributed by atoms with Crippen molar-refractivity contribution in [2.45, 2.75) is 13.5 Å². The van der Waals surface area contributed by atoms with Gasteiger partial charge in [-0.05, 0) is 31.2 Å². The van der Waals surface area contributed by atoms with Crippen LogP contribution in [0.15, 0.2) is 48.9 Å². The number of pyridine rings is 1. The van der Waals surface area contributed by atoms with E-state index >= 15 is 0 Å². The first-order valence-corrected chi connectivity index (χ1v) is 7.26. The molecule has 2 aromatic heterocycles. The third-order valence-corrected chi connectivity index (χ3v) is 3.29. The summed E-state index contributed by atoms with van der Waals surface area (Å²) in [7, 11) is 0. The van der Waals surface area contributed by atoms with E-state index in [1.54, 1.807) is 23.0 Å². The topological polar surface area (TPSA) is 76.6 Å². The van der Waals surface area contributed by atoms with Gasteiger partial charge < -0.3 is 4.74 Å². The van der Waals surface area contributed by atoms with Crippen LogP contribution in [-0.4, -0.2) is 26.4 Å². The minimum atomic E-state index is 0.499. The van der Waals surface area contributed by atoms with Gasteiger partial charge in [-0.15, -0.1) is 0 Å². The van der Waals surface area contributed by atoms with Gasteiger partial charge in [-0.2, -0.15) is 10.4 Å².